The first-order valence-corrected chi connectivity index (χ1v) is 10.2. The van der Waals surface area contributed by atoms with E-state index in [0.717, 1.165) is 49.1 Å². The van der Waals surface area contributed by atoms with Gasteiger partial charge in [-0.05, 0) is 38.9 Å². The molecule has 0 aliphatic carbocycles. The van der Waals surface area contributed by atoms with E-state index in [1.807, 2.05) is 40.9 Å². The lowest BCUT2D eigenvalue weighted by atomic mass is 10.1. The second kappa shape index (κ2) is 9.97. The number of hydrogen-bond acceptors (Lipinski definition) is 6. The summed E-state index contributed by atoms with van der Waals surface area (Å²) >= 11 is 0. The molecule has 3 aromatic heterocycles. The number of allylic oxidation sites excluding steroid dienone is 1. The topological polar surface area (TPSA) is 95.9 Å². The van der Waals surface area contributed by atoms with Gasteiger partial charge in [0.15, 0.2) is 0 Å². The van der Waals surface area contributed by atoms with Gasteiger partial charge in [0.05, 0.1) is 41.5 Å². The smallest absolute Gasteiger partial charge is 0.0999 e. The van der Waals surface area contributed by atoms with Crippen LogP contribution in [0, 0.1) is 5.41 Å². The molecule has 0 unspecified atom stereocenters. The molecule has 3 N–H and O–H groups in total. The van der Waals surface area contributed by atoms with E-state index >= 15 is 0 Å². The fourth-order valence-electron chi connectivity index (χ4n) is 3.34. The average Bonchev–Trinajstić information content (AvgIpc) is 3.41. The summed E-state index contributed by atoms with van der Waals surface area (Å²) in [6.07, 6.45) is 13.8. The Kier molecular flexibility index (Phi) is 7.13. The van der Waals surface area contributed by atoms with E-state index in [2.05, 4.69) is 40.9 Å². The first-order chi connectivity index (χ1) is 14.2. The van der Waals surface area contributed by atoms with Crippen LogP contribution in [0.5, 0.6) is 0 Å². The molecule has 29 heavy (non-hydrogen) atoms. The number of aromatic nitrogens is 5. The lowest BCUT2D eigenvalue weighted by Gasteiger charge is -2.12. The Hall–Kier alpha value is -3.00. The van der Waals surface area contributed by atoms with Gasteiger partial charge in [-0.3, -0.25) is 4.68 Å². The van der Waals surface area contributed by atoms with Crippen molar-refractivity contribution in [3.8, 4) is 11.3 Å². The summed E-state index contributed by atoms with van der Waals surface area (Å²) in [4.78, 5) is 4.87. The number of fused-ring (bicyclic) bond motifs is 1. The van der Waals surface area contributed by atoms with Crippen molar-refractivity contribution < 1.29 is 0 Å². The molecular formula is C21H30N8. The lowest BCUT2D eigenvalue weighted by Crippen LogP contribution is -2.16. The first-order valence-electron chi connectivity index (χ1n) is 10.2. The molecule has 0 spiro atoms. The first kappa shape index (κ1) is 20.7. The number of nitrogens with zero attached hydrogens (tertiary/aromatic N) is 5. The molecule has 0 amide bonds. The maximum Gasteiger partial charge on any atom is 0.0999 e. The standard InChI is InChI=1S/C21H30N8/c1-4-18(5-2)28-14-17(13-26-28)21-20-7-10-25-29(20)15-19(27-21)16(11-22)12-24-9-6-8-23-3/h7,10-15,18,22-24H,4-6,8-9H2,1-3H3/b16-12+,22-11?. The van der Waals surface area contributed by atoms with Crippen LogP contribution in [0.2, 0.25) is 0 Å². The molecule has 3 rings (SSSR count). The Morgan fingerprint density at radius 2 is 2.03 bits per heavy atom. The minimum Gasteiger partial charge on any atom is -0.390 e. The molecule has 8 heteroatoms. The Labute approximate surface area is 171 Å². The normalized spacial score (nSPS) is 12.1. The summed E-state index contributed by atoms with van der Waals surface area (Å²) in [5.41, 5.74) is 4.10. The van der Waals surface area contributed by atoms with E-state index in [1.165, 1.54) is 6.21 Å². The van der Waals surface area contributed by atoms with Gasteiger partial charge < -0.3 is 16.0 Å². The highest BCUT2D eigenvalue weighted by molar-refractivity contribution is 6.07. The molecule has 3 aromatic rings. The lowest BCUT2D eigenvalue weighted by molar-refractivity contribution is 0.428. The van der Waals surface area contributed by atoms with Crippen molar-refractivity contribution in [1.29, 1.82) is 5.41 Å². The molecule has 0 aromatic carbocycles. The van der Waals surface area contributed by atoms with E-state index < -0.39 is 0 Å². The van der Waals surface area contributed by atoms with Crippen molar-refractivity contribution in [2.75, 3.05) is 20.1 Å². The van der Waals surface area contributed by atoms with Crippen LogP contribution in [0.1, 0.15) is 44.8 Å². The highest BCUT2D eigenvalue weighted by Gasteiger charge is 2.15. The van der Waals surface area contributed by atoms with Gasteiger partial charge in [-0.15, -0.1) is 0 Å². The van der Waals surface area contributed by atoms with Gasteiger partial charge in [-0.1, -0.05) is 13.8 Å². The second-order valence-electron chi connectivity index (χ2n) is 6.97. The third-order valence-electron chi connectivity index (χ3n) is 5.04. The SMILES string of the molecule is CCC(CC)n1cc(-c2nc(/C(C=N)=C/NCCCNC)cn3nccc23)cn1. The van der Waals surface area contributed by atoms with Crippen LogP contribution >= 0.6 is 0 Å². The predicted molar refractivity (Wildman–Crippen MR) is 117 cm³/mol. The molecule has 0 saturated heterocycles. The maximum atomic E-state index is 7.84. The Morgan fingerprint density at radius 1 is 1.21 bits per heavy atom. The van der Waals surface area contributed by atoms with Gasteiger partial charge in [-0.25, -0.2) is 9.50 Å². The van der Waals surface area contributed by atoms with Gasteiger partial charge in [0, 0.05) is 36.3 Å². The van der Waals surface area contributed by atoms with E-state index in [0.29, 0.717) is 17.3 Å². The molecule has 0 aliphatic rings. The van der Waals surface area contributed by atoms with E-state index in [9.17, 15) is 0 Å². The summed E-state index contributed by atoms with van der Waals surface area (Å²) in [6, 6.07) is 2.33. The van der Waals surface area contributed by atoms with Crippen LogP contribution < -0.4 is 10.6 Å². The van der Waals surface area contributed by atoms with E-state index in [4.69, 9.17) is 10.4 Å². The fourth-order valence-corrected chi connectivity index (χ4v) is 3.34. The fraction of sp³-hybridized carbons (Fsp3) is 0.429. The van der Waals surface area contributed by atoms with Crippen molar-refractivity contribution in [3.63, 3.8) is 0 Å². The quantitative estimate of drug-likeness (QED) is 0.343. The van der Waals surface area contributed by atoms with Gasteiger partial charge in [-0.2, -0.15) is 10.2 Å². The van der Waals surface area contributed by atoms with Crippen LogP contribution in [0.3, 0.4) is 0 Å². The third kappa shape index (κ3) is 4.71. The molecule has 3 heterocycles. The summed E-state index contributed by atoms with van der Waals surface area (Å²) in [7, 11) is 1.94. The zero-order valence-electron chi connectivity index (χ0n) is 17.4. The predicted octanol–water partition coefficient (Wildman–Crippen LogP) is 3.14. The van der Waals surface area contributed by atoms with Gasteiger partial charge in [0.2, 0.25) is 0 Å². The van der Waals surface area contributed by atoms with Gasteiger partial charge >= 0.3 is 0 Å². The summed E-state index contributed by atoms with van der Waals surface area (Å²) < 4.78 is 3.83. The van der Waals surface area contributed by atoms with Crippen LogP contribution in [0.15, 0.2) is 37.1 Å². The van der Waals surface area contributed by atoms with Crippen molar-refractivity contribution in [1.82, 2.24) is 35.0 Å². The van der Waals surface area contributed by atoms with Crippen LogP contribution in [-0.4, -0.2) is 50.7 Å². The van der Waals surface area contributed by atoms with E-state index in [-0.39, 0.29) is 0 Å². The van der Waals surface area contributed by atoms with Crippen LogP contribution in [0.4, 0.5) is 0 Å². The minimum atomic E-state index is 0.381. The molecule has 8 nitrogen and oxygen atoms in total. The Morgan fingerprint density at radius 3 is 2.76 bits per heavy atom. The molecule has 0 bridgehead atoms. The molecule has 0 aliphatic heterocycles. The minimum absolute atomic E-state index is 0.381. The van der Waals surface area contributed by atoms with Crippen LogP contribution in [0.25, 0.3) is 22.3 Å². The van der Waals surface area contributed by atoms with Gasteiger partial charge in [0.1, 0.15) is 0 Å². The van der Waals surface area contributed by atoms with Crippen molar-refractivity contribution in [2.24, 2.45) is 0 Å². The largest absolute Gasteiger partial charge is 0.390 e. The number of nitrogens with one attached hydrogen (secondary N) is 3. The Balaban J connectivity index is 1.95. The summed E-state index contributed by atoms with van der Waals surface area (Å²) in [5.74, 6) is 0. The molecular weight excluding hydrogens is 364 g/mol. The summed E-state index contributed by atoms with van der Waals surface area (Å²) in [5, 5.41) is 23.2. The molecule has 0 saturated carbocycles. The zero-order chi connectivity index (χ0) is 20.6. The Bertz CT molecular complexity index is 964. The van der Waals surface area contributed by atoms with Crippen LogP contribution in [-0.2, 0) is 0 Å². The average molecular weight is 395 g/mol. The van der Waals surface area contributed by atoms with Crippen molar-refractivity contribution >= 4 is 17.3 Å². The second-order valence-corrected chi connectivity index (χ2v) is 6.97. The third-order valence-corrected chi connectivity index (χ3v) is 5.04. The summed E-state index contributed by atoms with van der Waals surface area (Å²) in [6.45, 7) is 6.13. The molecule has 0 radical (unpaired) electrons. The number of hydrogen-bond donors (Lipinski definition) is 3. The maximum absolute atomic E-state index is 7.84. The molecule has 154 valence electrons. The van der Waals surface area contributed by atoms with Crippen molar-refractivity contribution in [2.45, 2.75) is 39.2 Å². The zero-order valence-corrected chi connectivity index (χ0v) is 17.4. The van der Waals surface area contributed by atoms with Crippen molar-refractivity contribution in [3.05, 3.63) is 42.7 Å². The molecule has 0 atom stereocenters. The van der Waals surface area contributed by atoms with Gasteiger partial charge in [0.25, 0.3) is 0 Å². The molecule has 0 fully saturated rings. The van der Waals surface area contributed by atoms with E-state index in [1.54, 1.807) is 6.20 Å². The number of rotatable bonds is 11. The highest BCUT2D eigenvalue weighted by Crippen LogP contribution is 2.26. The highest BCUT2D eigenvalue weighted by atomic mass is 15.3. The monoisotopic (exact) mass is 394 g/mol.